The molecule has 1 aromatic heterocycles. The number of hydrogen-bond donors (Lipinski definition) is 0. The Labute approximate surface area is 171 Å². The van der Waals surface area contributed by atoms with E-state index in [4.69, 9.17) is 0 Å². The lowest BCUT2D eigenvalue weighted by atomic mass is 10.1. The summed E-state index contributed by atoms with van der Waals surface area (Å²) in [4.78, 5) is 18.1. The van der Waals surface area contributed by atoms with Crippen LogP contribution in [0.4, 0.5) is 0 Å². The van der Waals surface area contributed by atoms with Gasteiger partial charge in [0, 0.05) is 32.5 Å². The number of hydrogen-bond acceptors (Lipinski definition) is 4. The molecule has 0 aliphatic heterocycles. The highest BCUT2D eigenvalue weighted by Gasteiger charge is 2.22. The topological polar surface area (TPSA) is 72.3 Å². The summed E-state index contributed by atoms with van der Waals surface area (Å²) in [5.74, 6) is -0.790. The van der Waals surface area contributed by atoms with Crippen LogP contribution in [0.3, 0.4) is 0 Å². The van der Waals surface area contributed by atoms with Gasteiger partial charge in [0.05, 0.1) is 0 Å². The predicted octanol–water partition coefficient (Wildman–Crippen LogP) is 2.81. The standard InChI is InChI=1S/C22H25N3O3S/c1-18-8-6-7-11-20(18)15-24(2)22(26)17-29(27,28)16-21-23-12-13-25(21)14-19-9-4-3-5-10-19/h3-13H,14-17H2,1-2H3. The Morgan fingerprint density at radius 1 is 1.07 bits per heavy atom. The molecule has 7 heteroatoms. The van der Waals surface area contributed by atoms with Gasteiger partial charge in [-0.2, -0.15) is 0 Å². The molecule has 2 aromatic carbocycles. The SMILES string of the molecule is Cc1ccccc1CN(C)C(=O)CS(=O)(=O)Cc1nccn1Cc1ccccc1. The molecule has 3 rings (SSSR count). The monoisotopic (exact) mass is 411 g/mol. The zero-order chi connectivity index (χ0) is 20.9. The summed E-state index contributed by atoms with van der Waals surface area (Å²) in [6, 6.07) is 17.5. The quantitative estimate of drug-likeness (QED) is 0.571. The van der Waals surface area contributed by atoms with E-state index in [-0.39, 0.29) is 5.75 Å². The number of aromatic nitrogens is 2. The molecule has 1 amide bonds. The van der Waals surface area contributed by atoms with Crippen molar-refractivity contribution in [3.05, 3.63) is 89.5 Å². The Kier molecular flexibility index (Phi) is 6.49. The normalized spacial score (nSPS) is 11.4. The van der Waals surface area contributed by atoms with E-state index in [2.05, 4.69) is 4.98 Å². The second-order valence-electron chi connectivity index (χ2n) is 7.17. The predicted molar refractivity (Wildman–Crippen MR) is 113 cm³/mol. The third-order valence-electron chi connectivity index (χ3n) is 4.78. The lowest BCUT2D eigenvalue weighted by Gasteiger charge is -2.18. The third-order valence-corrected chi connectivity index (χ3v) is 6.17. The van der Waals surface area contributed by atoms with Crippen molar-refractivity contribution in [1.82, 2.24) is 14.5 Å². The van der Waals surface area contributed by atoms with Crippen LogP contribution in [0.5, 0.6) is 0 Å². The molecule has 0 unspecified atom stereocenters. The summed E-state index contributed by atoms with van der Waals surface area (Å²) in [6.07, 6.45) is 3.34. The van der Waals surface area contributed by atoms with Crippen molar-refractivity contribution in [1.29, 1.82) is 0 Å². The van der Waals surface area contributed by atoms with Crippen LogP contribution in [0.15, 0.2) is 67.0 Å². The largest absolute Gasteiger partial charge is 0.341 e. The maximum atomic E-state index is 12.6. The molecular weight excluding hydrogens is 386 g/mol. The fraction of sp³-hybridized carbons (Fsp3) is 0.273. The molecule has 0 fully saturated rings. The summed E-state index contributed by atoms with van der Waals surface area (Å²) in [5.41, 5.74) is 3.12. The first-order valence-electron chi connectivity index (χ1n) is 9.37. The number of benzene rings is 2. The van der Waals surface area contributed by atoms with Gasteiger partial charge in [-0.3, -0.25) is 4.79 Å². The van der Waals surface area contributed by atoms with Gasteiger partial charge >= 0.3 is 0 Å². The van der Waals surface area contributed by atoms with Gasteiger partial charge in [0.2, 0.25) is 5.91 Å². The number of amides is 1. The molecule has 0 atom stereocenters. The highest BCUT2D eigenvalue weighted by Crippen LogP contribution is 2.12. The van der Waals surface area contributed by atoms with Gasteiger partial charge in [0.15, 0.2) is 9.84 Å². The van der Waals surface area contributed by atoms with Crippen molar-refractivity contribution >= 4 is 15.7 Å². The number of sulfone groups is 1. The highest BCUT2D eigenvalue weighted by atomic mass is 32.2. The molecular formula is C22H25N3O3S. The molecule has 0 aliphatic rings. The molecule has 0 radical (unpaired) electrons. The number of rotatable bonds is 8. The molecule has 0 spiro atoms. The van der Waals surface area contributed by atoms with Crippen LogP contribution in [-0.2, 0) is 33.5 Å². The van der Waals surface area contributed by atoms with Crippen molar-refractivity contribution < 1.29 is 13.2 Å². The summed E-state index contributed by atoms with van der Waals surface area (Å²) >= 11 is 0. The first kappa shape index (κ1) is 20.8. The van der Waals surface area contributed by atoms with E-state index in [0.29, 0.717) is 18.9 Å². The molecule has 0 bridgehead atoms. The summed E-state index contributed by atoms with van der Waals surface area (Å²) in [7, 11) is -2.01. The Hall–Kier alpha value is -2.93. The summed E-state index contributed by atoms with van der Waals surface area (Å²) in [6.45, 7) is 2.88. The Balaban J connectivity index is 1.64. The molecule has 0 aliphatic carbocycles. The van der Waals surface area contributed by atoms with E-state index in [9.17, 15) is 13.2 Å². The summed E-state index contributed by atoms with van der Waals surface area (Å²) in [5, 5.41) is 0. The Bertz CT molecular complexity index is 1080. The fourth-order valence-electron chi connectivity index (χ4n) is 3.08. The van der Waals surface area contributed by atoms with E-state index in [1.54, 1.807) is 24.0 Å². The van der Waals surface area contributed by atoms with E-state index in [1.165, 1.54) is 4.90 Å². The van der Waals surface area contributed by atoms with Gasteiger partial charge in [-0.15, -0.1) is 0 Å². The number of imidazole rings is 1. The minimum Gasteiger partial charge on any atom is -0.341 e. The highest BCUT2D eigenvalue weighted by molar-refractivity contribution is 7.91. The summed E-state index contributed by atoms with van der Waals surface area (Å²) < 4.78 is 27.1. The van der Waals surface area contributed by atoms with Crippen molar-refractivity contribution in [2.75, 3.05) is 12.8 Å². The van der Waals surface area contributed by atoms with E-state index >= 15 is 0 Å². The molecule has 6 nitrogen and oxygen atoms in total. The van der Waals surface area contributed by atoms with Gasteiger partial charge < -0.3 is 9.47 Å². The molecule has 0 saturated heterocycles. The van der Waals surface area contributed by atoms with E-state index in [1.807, 2.05) is 61.5 Å². The average Bonchev–Trinajstić information content (AvgIpc) is 3.09. The van der Waals surface area contributed by atoms with Crippen molar-refractivity contribution in [2.45, 2.75) is 25.8 Å². The van der Waals surface area contributed by atoms with Gasteiger partial charge in [0.1, 0.15) is 17.3 Å². The number of nitrogens with zero attached hydrogens (tertiary/aromatic N) is 3. The fourth-order valence-corrected chi connectivity index (χ4v) is 4.41. The van der Waals surface area contributed by atoms with Gasteiger partial charge in [-0.05, 0) is 23.6 Å². The van der Waals surface area contributed by atoms with E-state index in [0.717, 1.165) is 16.7 Å². The zero-order valence-corrected chi connectivity index (χ0v) is 17.5. The zero-order valence-electron chi connectivity index (χ0n) is 16.7. The van der Waals surface area contributed by atoms with Crippen LogP contribution in [0, 0.1) is 6.92 Å². The van der Waals surface area contributed by atoms with E-state index < -0.39 is 21.5 Å². The van der Waals surface area contributed by atoms with Crippen LogP contribution >= 0.6 is 0 Å². The van der Waals surface area contributed by atoms with Crippen LogP contribution in [0.1, 0.15) is 22.5 Å². The van der Waals surface area contributed by atoms with Crippen molar-refractivity contribution in [3.63, 3.8) is 0 Å². The number of carbonyl (C=O) groups excluding carboxylic acids is 1. The van der Waals surface area contributed by atoms with Crippen LogP contribution in [0.2, 0.25) is 0 Å². The molecule has 0 saturated carbocycles. The van der Waals surface area contributed by atoms with Gasteiger partial charge in [-0.1, -0.05) is 54.6 Å². The second kappa shape index (κ2) is 9.05. The third kappa shape index (κ3) is 5.77. The maximum Gasteiger partial charge on any atom is 0.237 e. The average molecular weight is 412 g/mol. The maximum absolute atomic E-state index is 12.6. The first-order chi connectivity index (χ1) is 13.8. The van der Waals surface area contributed by atoms with Gasteiger partial charge in [-0.25, -0.2) is 13.4 Å². The first-order valence-corrected chi connectivity index (χ1v) is 11.2. The molecule has 0 N–H and O–H groups in total. The van der Waals surface area contributed by atoms with Crippen LogP contribution in [0.25, 0.3) is 0 Å². The smallest absolute Gasteiger partial charge is 0.237 e. The Morgan fingerprint density at radius 3 is 2.48 bits per heavy atom. The van der Waals surface area contributed by atoms with Gasteiger partial charge in [0.25, 0.3) is 0 Å². The molecule has 3 aromatic rings. The Morgan fingerprint density at radius 2 is 1.76 bits per heavy atom. The van der Waals surface area contributed by atoms with Crippen molar-refractivity contribution in [2.24, 2.45) is 0 Å². The lowest BCUT2D eigenvalue weighted by molar-refractivity contribution is -0.127. The minimum absolute atomic E-state index is 0.267. The van der Waals surface area contributed by atoms with Crippen molar-refractivity contribution in [3.8, 4) is 0 Å². The molecule has 152 valence electrons. The molecule has 1 heterocycles. The van der Waals surface area contributed by atoms with Crippen LogP contribution in [-0.4, -0.2) is 41.6 Å². The minimum atomic E-state index is -3.64. The number of aryl methyl sites for hydroxylation is 1. The second-order valence-corrected chi connectivity index (χ2v) is 9.23. The molecule has 29 heavy (non-hydrogen) atoms. The number of carbonyl (C=O) groups is 1. The lowest BCUT2D eigenvalue weighted by Crippen LogP contribution is -2.33. The van der Waals surface area contributed by atoms with Crippen LogP contribution < -0.4 is 0 Å².